The Morgan fingerprint density at radius 3 is 2.90 bits per heavy atom. The number of para-hydroxylation sites is 1. The van der Waals surface area contributed by atoms with Crippen LogP contribution in [0.15, 0.2) is 36.5 Å². The summed E-state index contributed by atoms with van der Waals surface area (Å²) in [4.78, 5) is 16.3. The molecule has 2 N–H and O–H groups in total. The molecule has 0 spiro atoms. The van der Waals surface area contributed by atoms with E-state index in [1.165, 1.54) is 19.3 Å². The summed E-state index contributed by atoms with van der Waals surface area (Å²) in [5.74, 6) is 0.650. The Bertz CT molecular complexity index is 631. The summed E-state index contributed by atoms with van der Waals surface area (Å²) < 4.78 is 0. The van der Waals surface area contributed by atoms with Gasteiger partial charge >= 0.3 is 6.03 Å². The fourth-order valence-electron chi connectivity index (χ4n) is 2.80. The minimum Gasteiger partial charge on any atom is -0.335 e. The molecule has 1 fully saturated rings. The number of fused-ring (bicyclic) bond motifs is 1. The van der Waals surface area contributed by atoms with Crippen molar-refractivity contribution in [2.45, 2.75) is 38.8 Å². The lowest BCUT2D eigenvalue weighted by Gasteiger charge is -2.31. The second kappa shape index (κ2) is 6.12. The van der Waals surface area contributed by atoms with E-state index in [0.717, 1.165) is 16.5 Å². The van der Waals surface area contributed by atoms with Crippen molar-refractivity contribution in [1.82, 2.24) is 15.6 Å². The first-order valence-electron chi connectivity index (χ1n) is 7.61. The van der Waals surface area contributed by atoms with Gasteiger partial charge in [-0.2, -0.15) is 0 Å². The molecule has 3 rings (SSSR count). The molecule has 1 aliphatic rings. The molecule has 4 nitrogen and oxygen atoms in total. The summed E-state index contributed by atoms with van der Waals surface area (Å²) in [5, 5.41) is 7.07. The number of aromatic nitrogens is 1. The number of amides is 2. The number of carbonyl (C=O) groups is 1. The molecule has 1 saturated carbocycles. The molecule has 1 aromatic heterocycles. The highest BCUT2D eigenvalue weighted by Crippen LogP contribution is 2.29. The lowest BCUT2D eigenvalue weighted by molar-refractivity contribution is 0.213. The molecule has 110 valence electrons. The highest BCUT2D eigenvalue weighted by atomic mass is 16.2. The van der Waals surface area contributed by atoms with Crippen LogP contribution in [0.2, 0.25) is 0 Å². The van der Waals surface area contributed by atoms with Crippen LogP contribution in [0.3, 0.4) is 0 Å². The molecular weight excluding hydrogens is 262 g/mol. The molecule has 2 aromatic rings. The Morgan fingerprint density at radius 2 is 2.14 bits per heavy atom. The van der Waals surface area contributed by atoms with Crippen LogP contribution in [-0.4, -0.2) is 17.1 Å². The minimum absolute atomic E-state index is 0.0877. The van der Waals surface area contributed by atoms with Crippen molar-refractivity contribution in [3.05, 3.63) is 42.1 Å². The number of benzene rings is 1. The zero-order valence-electron chi connectivity index (χ0n) is 12.3. The smallest absolute Gasteiger partial charge is 0.315 e. The molecular formula is C17H21N3O. The number of rotatable bonds is 4. The topological polar surface area (TPSA) is 54.0 Å². The Kier molecular flexibility index (Phi) is 4.04. The van der Waals surface area contributed by atoms with Gasteiger partial charge in [0.1, 0.15) is 0 Å². The van der Waals surface area contributed by atoms with Gasteiger partial charge in [0.05, 0.1) is 5.52 Å². The van der Waals surface area contributed by atoms with Crippen molar-refractivity contribution in [3.8, 4) is 0 Å². The summed E-state index contributed by atoms with van der Waals surface area (Å²) in [7, 11) is 0. The van der Waals surface area contributed by atoms with E-state index in [1.54, 1.807) is 6.20 Å². The highest BCUT2D eigenvalue weighted by Gasteiger charge is 2.24. The number of hydrogen-bond acceptors (Lipinski definition) is 2. The quantitative estimate of drug-likeness (QED) is 0.905. The Morgan fingerprint density at radius 1 is 1.33 bits per heavy atom. The lowest BCUT2D eigenvalue weighted by atomic mass is 9.80. The average molecular weight is 283 g/mol. The Labute approximate surface area is 125 Å². The largest absolute Gasteiger partial charge is 0.335 e. The number of hydrogen-bond donors (Lipinski definition) is 2. The maximum atomic E-state index is 12.0. The second-order valence-corrected chi connectivity index (χ2v) is 5.79. The van der Waals surface area contributed by atoms with E-state index in [1.807, 2.05) is 30.3 Å². The maximum Gasteiger partial charge on any atom is 0.315 e. The van der Waals surface area contributed by atoms with Gasteiger partial charge in [-0.1, -0.05) is 24.6 Å². The van der Waals surface area contributed by atoms with E-state index in [2.05, 4.69) is 22.5 Å². The Balaban J connectivity index is 1.59. The average Bonchev–Trinajstić information content (AvgIpc) is 2.43. The first-order chi connectivity index (χ1) is 10.2. The van der Waals surface area contributed by atoms with Crippen molar-refractivity contribution < 1.29 is 4.79 Å². The van der Waals surface area contributed by atoms with Crippen LogP contribution in [0.1, 0.15) is 31.7 Å². The van der Waals surface area contributed by atoms with Gasteiger partial charge in [-0.05, 0) is 43.4 Å². The van der Waals surface area contributed by atoms with Crippen LogP contribution in [-0.2, 0) is 6.54 Å². The molecule has 1 aliphatic carbocycles. The maximum absolute atomic E-state index is 12.0. The summed E-state index contributed by atoms with van der Waals surface area (Å²) in [6.07, 6.45) is 5.54. The van der Waals surface area contributed by atoms with Crippen LogP contribution < -0.4 is 10.6 Å². The van der Waals surface area contributed by atoms with E-state index in [-0.39, 0.29) is 12.1 Å². The summed E-state index contributed by atoms with van der Waals surface area (Å²) >= 11 is 0. The van der Waals surface area contributed by atoms with E-state index < -0.39 is 0 Å². The number of pyridine rings is 1. The third-order valence-corrected chi connectivity index (χ3v) is 4.39. The molecule has 2 amide bonds. The third kappa shape index (κ3) is 3.15. The molecule has 0 bridgehead atoms. The molecule has 1 unspecified atom stereocenters. The number of nitrogens with zero attached hydrogens (tertiary/aromatic N) is 1. The fraction of sp³-hybridized carbons (Fsp3) is 0.412. The SMILES string of the molecule is CC(NC(=O)NCc1ccnc2ccccc12)C1CCC1. The monoisotopic (exact) mass is 283 g/mol. The van der Waals surface area contributed by atoms with Gasteiger partial charge < -0.3 is 10.6 Å². The van der Waals surface area contributed by atoms with Gasteiger partial charge in [-0.15, -0.1) is 0 Å². The highest BCUT2D eigenvalue weighted by molar-refractivity contribution is 5.82. The van der Waals surface area contributed by atoms with Crippen molar-refractivity contribution in [1.29, 1.82) is 0 Å². The van der Waals surface area contributed by atoms with E-state index >= 15 is 0 Å². The second-order valence-electron chi connectivity index (χ2n) is 5.79. The molecule has 1 aromatic carbocycles. The summed E-state index contributed by atoms with van der Waals surface area (Å²) in [5.41, 5.74) is 2.05. The molecule has 21 heavy (non-hydrogen) atoms. The van der Waals surface area contributed by atoms with Crippen molar-refractivity contribution in [3.63, 3.8) is 0 Å². The van der Waals surface area contributed by atoms with Crippen LogP contribution in [0.4, 0.5) is 4.79 Å². The van der Waals surface area contributed by atoms with Gasteiger partial charge in [0, 0.05) is 24.2 Å². The molecule has 0 saturated heterocycles. The number of urea groups is 1. The van der Waals surface area contributed by atoms with E-state index in [9.17, 15) is 4.79 Å². The Hall–Kier alpha value is -2.10. The van der Waals surface area contributed by atoms with Crippen LogP contribution in [0.25, 0.3) is 10.9 Å². The van der Waals surface area contributed by atoms with Crippen LogP contribution in [0, 0.1) is 5.92 Å². The van der Waals surface area contributed by atoms with Crippen LogP contribution >= 0.6 is 0 Å². The van der Waals surface area contributed by atoms with Gasteiger partial charge in [0.25, 0.3) is 0 Å². The predicted octanol–water partition coefficient (Wildman–Crippen LogP) is 3.22. The fourth-order valence-corrected chi connectivity index (χ4v) is 2.80. The van der Waals surface area contributed by atoms with Gasteiger partial charge in [0.2, 0.25) is 0 Å². The zero-order valence-corrected chi connectivity index (χ0v) is 12.3. The van der Waals surface area contributed by atoms with Crippen molar-refractivity contribution in [2.75, 3.05) is 0 Å². The number of nitrogens with one attached hydrogen (secondary N) is 2. The first-order valence-corrected chi connectivity index (χ1v) is 7.61. The van der Waals surface area contributed by atoms with Crippen molar-refractivity contribution >= 4 is 16.9 Å². The lowest BCUT2D eigenvalue weighted by Crippen LogP contribution is -2.45. The van der Waals surface area contributed by atoms with Gasteiger partial charge in [0.15, 0.2) is 0 Å². The van der Waals surface area contributed by atoms with E-state index in [4.69, 9.17) is 0 Å². The standard InChI is InChI=1S/C17H21N3O/c1-12(13-5-4-6-13)20-17(21)19-11-14-9-10-18-16-8-3-2-7-15(14)16/h2-3,7-10,12-13H,4-6,11H2,1H3,(H2,19,20,21). The van der Waals surface area contributed by atoms with Gasteiger partial charge in [-0.25, -0.2) is 4.79 Å². The molecule has 0 aliphatic heterocycles. The number of carbonyl (C=O) groups excluding carboxylic acids is 1. The molecule has 1 heterocycles. The predicted molar refractivity (Wildman–Crippen MR) is 83.9 cm³/mol. The van der Waals surface area contributed by atoms with Crippen molar-refractivity contribution in [2.24, 2.45) is 5.92 Å². The molecule has 4 heteroatoms. The molecule has 0 radical (unpaired) electrons. The van der Waals surface area contributed by atoms with E-state index in [0.29, 0.717) is 12.5 Å². The summed E-state index contributed by atoms with van der Waals surface area (Å²) in [6, 6.07) is 10.1. The third-order valence-electron chi connectivity index (χ3n) is 4.39. The van der Waals surface area contributed by atoms with Crippen LogP contribution in [0.5, 0.6) is 0 Å². The molecule has 1 atom stereocenters. The minimum atomic E-state index is -0.0877. The summed E-state index contributed by atoms with van der Waals surface area (Å²) in [6.45, 7) is 2.61. The normalized spacial score (nSPS) is 16.2. The zero-order chi connectivity index (χ0) is 14.7. The first kappa shape index (κ1) is 13.9. The van der Waals surface area contributed by atoms with Gasteiger partial charge in [-0.3, -0.25) is 4.98 Å².